The number of carbonyl (C=O) groups is 1. The summed E-state index contributed by atoms with van der Waals surface area (Å²) in [7, 11) is 0. The van der Waals surface area contributed by atoms with Crippen molar-refractivity contribution in [3.63, 3.8) is 0 Å². The second-order valence-corrected chi connectivity index (χ2v) is 6.04. The Labute approximate surface area is 135 Å². The van der Waals surface area contributed by atoms with Crippen molar-refractivity contribution >= 4 is 5.91 Å². The van der Waals surface area contributed by atoms with Crippen LogP contribution in [0.25, 0.3) is 5.69 Å². The predicted octanol–water partition coefficient (Wildman–Crippen LogP) is 1.12. The van der Waals surface area contributed by atoms with Gasteiger partial charge >= 0.3 is 0 Å². The smallest absolute Gasteiger partial charge is 0.224 e. The van der Waals surface area contributed by atoms with E-state index in [1.54, 1.807) is 11.6 Å². The average molecular weight is 317 g/mol. The van der Waals surface area contributed by atoms with Gasteiger partial charge < -0.3 is 10.4 Å². The Balaban J connectivity index is 1.88. The Hall–Kier alpha value is -2.28. The largest absolute Gasteiger partial charge is 0.388 e. The minimum absolute atomic E-state index is 0.108. The molecule has 0 saturated heterocycles. The van der Waals surface area contributed by atoms with Crippen LogP contribution in [0, 0.1) is 5.92 Å². The molecule has 1 aromatic heterocycles. The third-order valence-electron chi connectivity index (χ3n) is 4.23. The zero-order valence-electron chi connectivity index (χ0n) is 13.7. The van der Waals surface area contributed by atoms with Crippen molar-refractivity contribution in [1.82, 2.24) is 25.5 Å². The predicted molar refractivity (Wildman–Crippen MR) is 85.9 cm³/mol. The van der Waals surface area contributed by atoms with Gasteiger partial charge in [0, 0.05) is 6.54 Å². The summed E-state index contributed by atoms with van der Waals surface area (Å²) < 4.78 is 1.55. The molecule has 2 rings (SSSR count). The van der Waals surface area contributed by atoms with Gasteiger partial charge in [0.05, 0.1) is 17.7 Å². The zero-order valence-corrected chi connectivity index (χ0v) is 13.7. The van der Waals surface area contributed by atoms with E-state index < -0.39 is 5.60 Å². The fourth-order valence-corrected chi connectivity index (χ4v) is 2.19. The van der Waals surface area contributed by atoms with Crippen LogP contribution in [0.2, 0.25) is 0 Å². The van der Waals surface area contributed by atoms with Gasteiger partial charge in [0.25, 0.3) is 0 Å². The van der Waals surface area contributed by atoms with E-state index in [4.69, 9.17) is 0 Å². The number of hydrogen-bond acceptors (Lipinski definition) is 5. The van der Waals surface area contributed by atoms with E-state index in [0.29, 0.717) is 0 Å². The summed E-state index contributed by atoms with van der Waals surface area (Å²) in [6.07, 6.45) is 2.65. The molecule has 1 amide bonds. The number of aromatic nitrogens is 4. The molecule has 0 aliphatic carbocycles. The van der Waals surface area contributed by atoms with Crippen LogP contribution in [0.5, 0.6) is 0 Å². The molecule has 0 radical (unpaired) electrons. The van der Waals surface area contributed by atoms with Crippen LogP contribution in [-0.2, 0) is 11.2 Å². The molecule has 0 saturated carbocycles. The summed E-state index contributed by atoms with van der Waals surface area (Å²) in [5.41, 5.74) is 0.829. The maximum Gasteiger partial charge on any atom is 0.224 e. The first-order chi connectivity index (χ1) is 10.9. The van der Waals surface area contributed by atoms with Crippen LogP contribution in [0.1, 0.15) is 32.8 Å². The second-order valence-electron chi connectivity index (χ2n) is 6.04. The number of nitrogens with zero attached hydrogens (tertiary/aromatic N) is 4. The van der Waals surface area contributed by atoms with E-state index in [0.717, 1.165) is 17.7 Å². The summed E-state index contributed by atoms with van der Waals surface area (Å²) in [4.78, 5) is 12.0. The molecule has 2 aromatic rings. The molecule has 0 spiro atoms. The lowest BCUT2D eigenvalue weighted by molar-refractivity contribution is -0.122. The van der Waals surface area contributed by atoms with E-state index in [1.807, 2.05) is 38.1 Å². The molecule has 2 atom stereocenters. The van der Waals surface area contributed by atoms with Gasteiger partial charge in [0.2, 0.25) is 5.91 Å². The molecule has 1 heterocycles. The number of hydrogen-bond donors (Lipinski definition) is 2. The first kappa shape index (κ1) is 17.1. The number of nitrogens with one attached hydrogen (secondary N) is 1. The van der Waals surface area contributed by atoms with E-state index >= 15 is 0 Å². The lowest BCUT2D eigenvalue weighted by Crippen LogP contribution is -2.45. The summed E-state index contributed by atoms with van der Waals surface area (Å²) >= 11 is 0. The lowest BCUT2D eigenvalue weighted by atomic mass is 9.88. The number of benzene rings is 1. The van der Waals surface area contributed by atoms with Crippen LogP contribution < -0.4 is 5.32 Å². The highest BCUT2D eigenvalue weighted by Gasteiger charge is 2.27. The minimum Gasteiger partial charge on any atom is -0.388 e. The lowest BCUT2D eigenvalue weighted by Gasteiger charge is -2.29. The van der Waals surface area contributed by atoms with Crippen molar-refractivity contribution in [2.24, 2.45) is 5.92 Å². The molecule has 23 heavy (non-hydrogen) atoms. The highest BCUT2D eigenvalue weighted by Crippen LogP contribution is 2.18. The number of rotatable bonds is 7. The standard InChI is InChI=1S/C16H23N5O2/c1-4-12(2)16(3,23)10-17-15(22)9-13-5-7-14(8-6-13)21-11-18-19-20-21/h5-8,11-12,23H,4,9-10H2,1-3H3,(H,17,22). The Bertz CT molecular complexity index is 622. The molecule has 0 aliphatic heterocycles. The SMILES string of the molecule is CCC(C)C(C)(O)CNC(=O)Cc1ccc(-n2cnnn2)cc1. The summed E-state index contributed by atoms with van der Waals surface area (Å²) in [6.45, 7) is 6.00. The van der Waals surface area contributed by atoms with Gasteiger partial charge in [-0.2, -0.15) is 0 Å². The Morgan fingerprint density at radius 1 is 1.39 bits per heavy atom. The minimum atomic E-state index is -0.894. The van der Waals surface area contributed by atoms with Crippen LogP contribution in [0.4, 0.5) is 0 Å². The van der Waals surface area contributed by atoms with Crippen molar-refractivity contribution in [3.8, 4) is 5.69 Å². The summed E-state index contributed by atoms with van der Waals surface area (Å²) in [5.74, 6) is 0.0159. The quantitative estimate of drug-likeness (QED) is 0.798. The Morgan fingerprint density at radius 3 is 2.65 bits per heavy atom. The highest BCUT2D eigenvalue weighted by molar-refractivity contribution is 5.78. The van der Waals surface area contributed by atoms with Crippen molar-refractivity contribution in [2.75, 3.05) is 6.54 Å². The monoisotopic (exact) mass is 317 g/mol. The summed E-state index contributed by atoms with van der Waals surface area (Å²) in [5, 5.41) is 24.1. The molecular formula is C16H23N5O2. The third kappa shape index (κ3) is 4.59. The molecule has 7 nitrogen and oxygen atoms in total. The molecule has 1 aromatic carbocycles. The van der Waals surface area contributed by atoms with Gasteiger partial charge in [-0.25, -0.2) is 4.68 Å². The fourth-order valence-electron chi connectivity index (χ4n) is 2.19. The van der Waals surface area contributed by atoms with E-state index in [2.05, 4.69) is 20.8 Å². The topological polar surface area (TPSA) is 92.9 Å². The average Bonchev–Trinajstić information content (AvgIpc) is 3.07. The molecule has 0 bridgehead atoms. The number of tetrazole rings is 1. The van der Waals surface area contributed by atoms with Gasteiger partial charge in [-0.1, -0.05) is 32.4 Å². The van der Waals surface area contributed by atoms with Crippen LogP contribution in [-0.4, -0.2) is 43.4 Å². The van der Waals surface area contributed by atoms with Crippen LogP contribution in [0.15, 0.2) is 30.6 Å². The van der Waals surface area contributed by atoms with E-state index in [-0.39, 0.29) is 24.8 Å². The Morgan fingerprint density at radius 2 is 2.09 bits per heavy atom. The Kier molecular flexibility index (Phi) is 5.44. The molecule has 7 heteroatoms. The first-order valence-electron chi connectivity index (χ1n) is 7.73. The second kappa shape index (κ2) is 7.32. The highest BCUT2D eigenvalue weighted by atomic mass is 16.3. The molecule has 124 valence electrons. The first-order valence-corrected chi connectivity index (χ1v) is 7.73. The zero-order chi connectivity index (χ0) is 16.9. The maximum absolute atomic E-state index is 12.0. The number of amides is 1. The molecule has 2 N–H and O–H groups in total. The van der Waals surface area contributed by atoms with E-state index in [9.17, 15) is 9.90 Å². The van der Waals surface area contributed by atoms with Crippen molar-refractivity contribution in [1.29, 1.82) is 0 Å². The van der Waals surface area contributed by atoms with Gasteiger partial charge in [0.15, 0.2) is 0 Å². The van der Waals surface area contributed by atoms with Crippen molar-refractivity contribution < 1.29 is 9.90 Å². The van der Waals surface area contributed by atoms with E-state index in [1.165, 1.54) is 6.33 Å². The third-order valence-corrected chi connectivity index (χ3v) is 4.23. The van der Waals surface area contributed by atoms with Crippen LogP contribution >= 0.6 is 0 Å². The van der Waals surface area contributed by atoms with Gasteiger partial charge in [-0.05, 0) is 41.0 Å². The number of carbonyl (C=O) groups excluding carboxylic acids is 1. The fraction of sp³-hybridized carbons (Fsp3) is 0.500. The van der Waals surface area contributed by atoms with Crippen molar-refractivity contribution in [2.45, 2.75) is 39.2 Å². The molecule has 0 fully saturated rings. The van der Waals surface area contributed by atoms with Crippen LogP contribution in [0.3, 0.4) is 0 Å². The van der Waals surface area contributed by atoms with Gasteiger partial charge in [-0.3, -0.25) is 4.79 Å². The molecular weight excluding hydrogens is 294 g/mol. The van der Waals surface area contributed by atoms with Gasteiger partial charge in [0.1, 0.15) is 6.33 Å². The number of aliphatic hydroxyl groups is 1. The molecule has 0 aliphatic rings. The summed E-state index contributed by atoms with van der Waals surface area (Å²) in [6, 6.07) is 7.44. The van der Waals surface area contributed by atoms with Gasteiger partial charge in [-0.15, -0.1) is 5.10 Å². The van der Waals surface area contributed by atoms with Crippen molar-refractivity contribution in [3.05, 3.63) is 36.2 Å². The normalized spacial score (nSPS) is 15.0. The maximum atomic E-state index is 12.0. The molecule has 2 unspecified atom stereocenters.